The molecule has 0 saturated carbocycles. The Morgan fingerprint density at radius 2 is 1.66 bits per heavy atom. The van der Waals surface area contributed by atoms with Gasteiger partial charge >= 0.3 is 6.18 Å². The molecule has 0 fully saturated rings. The van der Waals surface area contributed by atoms with Crippen LogP contribution in [0.4, 0.5) is 27.8 Å². The molecule has 0 spiro atoms. The largest absolute Gasteiger partial charge is 0.489 e. The van der Waals surface area contributed by atoms with Gasteiger partial charge in [0.25, 0.3) is 5.91 Å². The van der Waals surface area contributed by atoms with Crippen LogP contribution in [-0.2, 0) is 19.3 Å². The number of ether oxygens (including phenoxy) is 1. The van der Waals surface area contributed by atoms with Gasteiger partial charge in [-0.2, -0.15) is 18.3 Å². The van der Waals surface area contributed by atoms with E-state index in [2.05, 4.69) is 10.4 Å². The fourth-order valence-electron chi connectivity index (χ4n) is 3.37. The van der Waals surface area contributed by atoms with Gasteiger partial charge in [-0.3, -0.25) is 9.48 Å². The van der Waals surface area contributed by atoms with Gasteiger partial charge in [-0.05, 0) is 35.4 Å². The van der Waals surface area contributed by atoms with Crippen LogP contribution >= 0.6 is 0 Å². The van der Waals surface area contributed by atoms with E-state index >= 15 is 0 Å². The van der Waals surface area contributed by atoms with Gasteiger partial charge in [0.05, 0.1) is 12.1 Å². The summed E-state index contributed by atoms with van der Waals surface area (Å²) in [6.45, 7) is -0.153. The molecule has 0 aliphatic carbocycles. The van der Waals surface area contributed by atoms with Crippen molar-refractivity contribution in [2.75, 3.05) is 5.32 Å². The highest BCUT2D eigenvalue weighted by atomic mass is 19.4. The Morgan fingerprint density at radius 1 is 0.943 bits per heavy atom. The SMILES string of the molecule is O=C(Nc1ccn(Cc2ccc(OCc3ccccc3)cc2C(F)(F)F)n1)c1c(F)cccc1F. The lowest BCUT2D eigenvalue weighted by atomic mass is 10.1. The molecule has 0 unspecified atom stereocenters. The van der Waals surface area contributed by atoms with E-state index in [4.69, 9.17) is 4.74 Å². The van der Waals surface area contributed by atoms with Crippen LogP contribution in [0.3, 0.4) is 0 Å². The summed E-state index contributed by atoms with van der Waals surface area (Å²) in [6, 6.07) is 17.0. The van der Waals surface area contributed by atoms with Crippen molar-refractivity contribution in [3.8, 4) is 5.75 Å². The molecule has 1 heterocycles. The van der Waals surface area contributed by atoms with Crippen molar-refractivity contribution in [2.24, 2.45) is 0 Å². The first-order valence-corrected chi connectivity index (χ1v) is 10.4. The number of carbonyl (C=O) groups is 1. The van der Waals surface area contributed by atoms with E-state index in [1.165, 1.54) is 29.1 Å². The maximum atomic E-state index is 13.8. The van der Waals surface area contributed by atoms with Crippen molar-refractivity contribution in [1.82, 2.24) is 9.78 Å². The number of halogens is 5. The number of amides is 1. The second-order valence-electron chi connectivity index (χ2n) is 7.54. The minimum Gasteiger partial charge on any atom is -0.489 e. The normalized spacial score (nSPS) is 11.3. The third-order valence-electron chi connectivity index (χ3n) is 5.04. The molecular formula is C25H18F5N3O2. The van der Waals surface area contributed by atoms with Gasteiger partial charge in [0.15, 0.2) is 5.82 Å². The number of hydrogen-bond donors (Lipinski definition) is 1. The second-order valence-corrected chi connectivity index (χ2v) is 7.54. The van der Waals surface area contributed by atoms with Crippen molar-refractivity contribution >= 4 is 11.7 Å². The highest BCUT2D eigenvalue weighted by Crippen LogP contribution is 2.35. The lowest BCUT2D eigenvalue weighted by Crippen LogP contribution is -2.16. The first-order chi connectivity index (χ1) is 16.7. The summed E-state index contributed by atoms with van der Waals surface area (Å²) in [7, 11) is 0. The van der Waals surface area contributed by atoms with Gasteiger partial charge in [0.2, 0.25) is 0 Å². The number of rotatable bonds is 7. The number of carbonyl (C=O) groups excluding carboxylic acids is 1. The third-order valence-corrected chi connectivity index (χ3v) is 5.04. The second kappa shape index (κ2) is 9.96. The molecule has 0 bridgehead atoms. The molecule has 5 nitrogen and oxygen atoms in total. The van der Waals surface area contributed by atoms with Crippen LogP contribution in [0.25, 0.3) is 0 Å². The monoisotopic (exact) mass is 487 g/mol. The molecule has 0 saturated heterocycles. The van der Waals surface area contributed by atoms with Gasteiger partial charge < -0.3 is 10.1 Å². The quantitative estimate of drug-likeness (QED) is 0.323. The van der Waals surface area contributed by atoms with E-state index in [0.29, 0.717) is 0 Å². The summed E-state index contributed by atoms with van der Waals surface area (Å²) < 4.78 is 75.4. The molecule has 35 heavy (non-hydrogen) atoms. The van der Waals surface area contributed by atoms with E-state index in [0.717, 1.165) is 29.8 Å². The number of aromatic nitrogens is 2. The fraction of sp³-hybridized carbons (Fsp3) is 0.120. The minimum atomic E-state index is -4.64. The zero-order valence-corrected chi connectivity index (χ0v) is 18.0. The number of nitrogens with zero attached hydrogens (tertiary/aromatic N) is 2. The number of alkyl halides is 3. The Labute approximate surface area is 196 Å². The van der Waals surface area contributed by atoms with Crippen molar-refractivity contribution in [3.05, 3.63) is 113 Å². The molecule has 3 aromatic carbocycles. The van der Waals surface area contributed by atoms with E-state index in [-0.39, 0.29) is 30.3 Å². The minimum absolute atomic E-state index is 0.0604. The lowest BCUT2D eigenvalue weighted by Gasteiger charge is -2.15. The summed E-state index contributed by atoms with van der Waals surface area (Å²) in [5.41, 5.74) is -0.942. The Balaban J connectivity index is 1.49. The average molecular weight is 487 g/mol. The Kier molecular flexibility index (Phi) is 6.81. The van der Waals surface area contributed by atoms with Crippen LogP contribution < -0.4 is 10.1 Å². The summed E-state index contributed by atoms with van der Waals surface area (Å²) in [4.78, 5) is 12.2. The van der Waals surface area contributed by atoms with Crippen LogP contribution in [0.2, 0.25) is 0 Å². The van der Waals surface area contributed by atoms with Crippen molar-refractivity contribution in [2.45, 2.75) is 19.3 Å². The van der Waals surface area contributed by atoms with Crippen LogP contribution in [0.5, 0.6) is 5.75 Å². The molecule has 1 N–H and O–H groups in total. The fourth-order valence-corrected chi connectivity index (χ4v) is 3.37. The Morgan fingerprint density at radius 3 is 2.34 bits per heavy atom. The zero-order valence-electron chi connectivity index (χ0n) is 18.0. The molecule has 1 amide bonds. The highest BCUT2D eigenvalue weighted by molar-refractivity contribution is 6.04. The molecule has 10 heteroatoms. The highest BCUT2D eigenvalue weighted by Gasteiger charge is 2.34. The molecule has 0 radical (unpaired) electrons. The lowest BCUT2D eigenvalue weighted by molar-refractivity contribution is -0.138. The Bertz CT molecular complexity index is 1320. The van der Waals surface area contributed by atoms with Gasteiger partial charge in [0, 0.05) is 12.3 Å². The van der Waals surface area contributed by atoms with Crippen LogP contribution in [0.15, 0.2) is 79.0 Å². The molecule has 0 aliphatic heterocycles. The van der Waals surface area contributed by atoms with E-state index in [1.807, 2.05) is 6.07 Å². The standard InChI is InChI=1S/C25H18F5N3O2/c26-20-7-4-8-21(27)23(20)24(34)31-22-11-12-33(32-22)14-17-9-10-18(13-19(17)25(28,29)30)35-15-16-5-2-1-3-6-16/h1-13H,14-15H2,(H,31,32,34). The number of hydrogen-bond acceptors (Lipinski definition) is 3. The molecule has 1 aromatic heterocycles. The van der Waals surface area contributed by atoms with Gasteiger partial charge in [-0.15, -0.1) is 0 Å². The first kappa shape index (κ1) is 23.9. The Hall–Kier alpha value is -4.21. The number of anilines is 1. The molecule has 4 aromatic rings. The summed E-state index contributed by atoms with van der Waals surface area (Å²) in [5, 5.41) is 6.23. The molecular weight excluding hydrogens is 469 g/mol. The third kappa shape index (κ3) is 5.84. The van der Waals surface area contributed by atoms with Crippen molar-refractivity contribution < 1.29 is 31.5 Å². The van der Waals surface area contributed by atoms with Crippen LogP contribution in [0, 0.1) is 11.6 Å². The zero-order chi connectivity index (χ0) is 25.0. The molecule has 4 rings (SSSR count). The summed E-state index contributed by atoms with van der Waals surface area (Å²) in [5.74, 6) is -3.18. The van der Waals surface area contributed by atoms with Crippen molar-refractivity contribution in [1.29, 1.82) is 0 Å². The predicted octanol–water partition coefficient (Wildman–Crippen LogP) is 6.06. The average Bonchev–Trinajstić information content (AvgIpc) is 3.25. The van der Waals surface area contributed by atoms with Crippen LogP contribution in [-0.4, -0.2) is 15.7 Å². The number of benzene rings is 3. The number of nitrogens with one attached hydrogen (secondary N) is 1. The van der Waals surface area contributed by atoms with E-state index in [1.54, 1.807) is 24.3 Å². The van der Waals surface area contributed by atoms with Gasteiger partial charge in [0.1, 0.15) is 29.6 Å². The molecule has 180 valence electrons. The van der Waals surface area contributed by atoms with E-state index < -0.39 is 34.8 Å². The molecule has 0 atom stereocenters. The topological polar surface area (TPSA) is 56.2 Å². The predicted molar refractivity (Wildman–Crippen MR) is 118 cm³/mol. The molecule has 0 aliphatic rings. The van der Waals surface area contributed by atoms with Gasteiger partial charge in [-0.25, -0.2) is 8.78 Å². The van der Waals surface area contributed by atoms with Gasteiger partial charge in [-0.1, -0.05) is 42.5 Å². The van der Waals surface area contributed by atoms with E-state index in [9.17, 15) is 26.7 Å². The first-order valence-electron chi connectivity index (χ1n) is 10.4. The smallest absolute Gasteiger partial charge is 0.416 e. The maximum absolute atomic E-state index is 13.8. The summed E-state index contributed by atoms with van der Waals surface area (Å²) >= 11 is 0. The van der Waals surface area contributed by atoms with Crippen LogP contribution in [0.1, 0.15) is 27.0 Å². The summed E-state index contributed by atoms with van der Waals surface area (Å²) in [6.07, 6.45) is -3.30. The van der Waals surface area contributed by atoms with Crippen molar-refractivity contribution in [3.63, 3.8) is 0 Å². The maximum Gasteiger partial charge on any atom is 0.416 e.